The van der Waals surface area contributed by atoms with E-state index in [2.05, 4.69) is 5.32 Å². The summed E-state index contributed by atoms with van der Waals surface area (Å²) in [5, 5.41) is 3.64. The maximum Gasteiger partial charge on any atom is 0.264 e. The lowest BCUT2D eigenvalue weighted by molar-refractivity contribution is -0.139. The second kappa shape index (κ2) is 14.0. The van der Waals surface area contributed by atoms with Gasteiger partial charge >= 0.3 is 0 Å². The maximum atomic E-state index is 14.0. The number of rotatable bonds is 12. The largest absolute Gasteiger partial charge is 0.354 e. The van der Waals surface area contributed by atoms with Crippen molar-refractivity contribution < 1.29 is 18.0 Å². The van der Waals surface area contributed by atoms with Gasteiger partial charge in [0, 0.05) is 23.1 Å². The van der Waals surface area contributed by atoms with Gasteiger partial charge in [-0.15, -0.1) is 0 Å². The van der Waals surface area contributed by atoms with E-state index in [1.54, 1.807) is 68.4 Å². The first-order valence-corrected chi connectivity index (χ1v) is 15.3. The van der Waals surface area contributed by atoms with Crippen LogP contribution in [0.5, 0.6) is 0 Å². The van der Waals surface area contributed by atoms with Crippen LogP contribution < -0.4 is 9.62 Å². The summed E-state index contributed by atoms with van der Waals surface area (Å²) >= 11 is 12.5. The molecule has 10 heteroatoms. The lowest BCUT2D eigenvalue weighted by Crippen LogP contribution is -2.51. The topological polar surface area (TPSA) is 86.8 Å². The van der Waals surface area contributed by atoms with Crippen LogP contribution in [0.25, 0.3) is 0 Å². The fraction of sp³-hybridized carbons (Fsp3) is 0.333. The van der Waals surface area contributed by atoms with Gasteiger partial charge in [-0.25, -0.2) is 8.42 Å². The Bertz CT molecular complexity index is 1450. The summed E-state index contributed by atoms with van der Waals surface area (Å²) in [7, 11) is -4.13. The van der Waals surface area contributed by atoms with Crippen molar-refractivity contribution in [3.8, 4) is 0 Å². The first-order chi connectivity index (χ1) is 18.9. The Morgan fingerprint density at radius 1 is 0.975 bits per heavy atom. The van der Waals surface area contributed by atoms with Crippen LogP contribution >= 0.6 is 23.2 Å². The number of aryl methyl sites for hydroxylation is 2. The Balaban J connectivity index is 2.03. The van der Waals surface area contributed by atoms with E-state index < -0.39 is 28.5 Å². The van der Waals surface area contributed by atoms with Gasteiger partial charge in [0.1, 0.15) is 12.6 Å². The van der Waals surface area contributed by atoms with E-state index in [1.807, 2.05) is 13.8 Å². The van der Waals surface area contributed by atoms with Crippen molar-refractivity contribution in [2.45, 2.75) is 58.0 Å². The summed E-state index contributed by atoms with van der Waals surface area (Å²) in [5.74, 6) is -0.890. The van der Waals surface area contributed by atoms with Gasteiger partial charge in [-0.3, -0.25) is 13.9 Å². The molecule has 7 nitrogen and oxygen atoms in total. The zero-order chi connectivity index (χ0) is 29.4. The molecule has 40 heavy (non-hydrogen) atoms. The first-order valence-electron chi connectivity index (χ1n) is 13.1. The predicted octanol–water partition coefficient (Wildman–Crippen LogP) is 6.14. The third kappa shape index (κ3) is 7.77. The number of anilines is 1. The fourth-order valence-corrected chi connectivity index (χ4v) is 6.09. The molecule has 3 rings (SSSR count). The van der Waals surface area contributed by atoms with Gasteiger partial charge in [-0.05, 0) is 68.7 Å². The second-order valence-electron chi connectivity index (χ2n) is 9.69. The van der Waals surface area contributed by atoms with Crippen LogP contribution in [0.15, 0.2) is 71.6 Å². The van der Waals surface area contributed by atoms with Crippen molar-refractivity contribution in [1.82, 2.24) is 10.2 Å². The number of nitrogens with one attached hydrogen (secondary N) is 1. The second-order valence-corrected chi connectivity index (χ2v) is 12.4. The summed E-state index contributed by atoms with van der Waals surface area (Å²) in [5.41, 5.74) is 2.55. The van der Waals surface area contributed by atoms with Crippen molar-refractivity contribution in [3.63, 3.8) is 0 Å². The maximum absolute atomic E-state index is 14.0. The van der Waals surface area contributed by atoms with E-state index in [4.69, 9.17) is 23.2 Å². The van der Waals surface area contributed by atoms with Crippen molar-refractivity contribution in [2.75, 3.05) is 17.4 Å². The van der Waals surface area contributed by atoms with Crippen LogP contribution in [0.1, 0.15) is 43.4 Å². The third-order valence-electron chi connectivity index (χ3n) is 6.62. The summed E-state index contributed by atoms with van der Waals surface area (Å²) < 4.78 is 28.9. The SMILES string of the molecule is CCCCNC(=O)[C@H](C)N(Cc1ccc(Cl)cc1Cl)C(=O)CN(c1ccccc1C)S(=O)(=O)c1ccc(C)cc1. The lowest BCUT2D eigenvalue weighted by Gasteiger charge is -2.32. The van der Waals surface area contributed by atoms with Crippen LogP contribution in [0.2, 0.25) is 10.0 Å². The number of sulfonamides is 1. The van der Waals surface area contributed by atoms with Crippen LogP contribution in [-0.2, 0) is 26.2 Å². The van der Waals surface area contributed by atoms with Crippen molar-refractivity contribution in [3.05, 3.63) is 93.5 Å². The van der Waals surface area contributed by atoms with Gasteiger partial charge in [-0.2, -0.15) is 0 Å². The number of amides is 2. The highest BCUT2D eigenvalue weighted by Crippen LogP contribution is 2.28. The molecule has 0 spiro atoms. The van der Waals surface area contributed by atoms with Crippen molar-refractivity contribution in [2.24, 2.45) is 0 Å². The Morgan fingerprint density at radius 2 is 1.65 bits per heavy atom. The van der Waals surface area contributed by atoms with Crippen LogP contribution in [0.4, 0.5) is 5.69 Å². The molecule has 2 amide bonds. The molecule has 0 fully saturated rings. The number of unbranched alkanes of at least 4 members (excludes halogenated alkanes) is 1. The molecule has 3 aromatic carbocycles. The first kappa shape index (κ1) is 31.5. The molecule has 1 atom stereocenters. The summed E-state index contributed by atoms with van der Waals surface area (Å²) in [6.07, 6.45) is 1.70. The quantitative estimate of drug-likeness (QED) is 0.252. The minimum atomic E-state index is -4.13. The lowest BCUT2D eigenvalue weighted by atomic mass is 10.1. The average Bonchev–Trinajstić information content (AvgIpc) is 2.91. The molecule has 1 N–H and O–H groups in total. The molecule has 0 heterocycles. The van der Waals surface area contributed by atoms with Gasteiger partial charge in [0.2, 0.25) is 11.8 Å². The predicted molar refractivity (Wildman–Crippen MR) is 161 cm³/mol. The molecule has 0 bridgehead atoms. The van der Waals surface area contributed by atoms with E-state index in [1.165, 1.54) is 17.0 Å². The van der Waals surface area contributed by atoms with Gasteiger partial charge in [-0.1, -0.05) is 78.5 Å². The highest BCUT2D eigenvalue weighted by atomic mass is 35.5. The minimum absolute atomic E-state index is 0.0105. The van der Waals surface area contributed by atoms with E-state index in [9.17, 15) is 18.0 Å². The van der Waals surface area contributed by atoms with Crippen LogP contribution in [0.3, 0.4) is 0 Å². The summed E-state index contributed by atoms with van der Waals surface area (Å²) in [6, 6.07) is 17.4. The Kier molecular flexibility index (Phi) is 11.0. The molecule has 0 aliphatic rings. The Morgan fingerprint density at radius 3 is 2.27 bits per heavy atom. The normalized spacial score (nSPS) is 12.1. The highest BCUT2D eigenvalue weighted by Gasteiger charge is 2.33. The zero-order valence-corrected chi connectivity index (χ0v) is 25.5. The standard InChI is InChI=1S/C30H35Cl2N3O4S/c1-5-6-17-33-30(37)23(4)34(19-24-13-14-25(31)18-27(24)32)29(36)20-35(28-10-8-7-9-22(28)3)40(38,39)26-15-11-21(2)12-16-26/h7-16,18,23H,5-6,17,19-20H2,1-4H3,(H,33,37)/t23-/m0/s1. The fourth-order valence-electron chi connectivity index (χ4n) is 4.15. The van der Waals surface area contributed by atoms with Crippen LogP contribution in [0, 0.1) is 13.8 Å². The number of hydrogen-bond donors (Lipinski definition) is 1. The third-order valence-corrected chi connectivity index (χ3v) is 8.99. The van der Waals surface area contributed by atoms with Gasteiger partial charge < -0.3 is 10.2 Å². The summed E-state index contributed by atoms with van der Waals surface area (Å²) in [6.45, 7) is 7.24. The highest BCUT2D eigenvalue weighted by molar-refractivity contribution is 7.92. The molecule has 0 aliphatic carbocycles. The Hall–Kier alpha value is -3.07. The number of hydrogen-bond acceptors (Lipinski definition) is 4. The van der Waals surface area contributed by atoms with E-state index >= 15 is 0 Å². The van der Waals surface area contributed by atoms with E-state index in [0.717, 1.165) is 22.7 Å². The molecular formula is C30H35Cl2N3O4S. The molecule has 3 aromatic rings. The number of nitrogens with zero attached hydrogens (tertiary/aromatic N) is 2. The average molecular weight is 605 g/mol. The van der Waals surface area contributed by atoms with Gasteiger partial charge in [0.15, 0.2) is 0 Å². The molecule has 0 aromatic heterocycles. The van der Waals surface area contributed by atoms with Gasteiger partial charge in [0.05, 0.1) is 10.6 Å². The molecule has 0 saturated carbocycles. The smallest absolute Gasteiger partial charge is 0.264 e. The minimum Gasteiger partial charge on any atom is -0.354 e. The van der Waals surface area contributed by atoms with Crippen molar-refractivity contribution >= 4 is 50.7 Å². The monoisotopic (exact) mass is 603 g/mol. The molecule has 214 valence electrons. The Labute approximate surface area is 247 Å². The van der Waals surface area contributed by atoms with Crippen LogP contribution in [-0.4, -0.2) is 44.3 Å². The molecule has 0 aliphatic heterocycles. The zero-order valence-electron chi connectivity index (χ0n) is 23.2. The number of benzene rings is 3. The number of carbonyl (C=O) groups is 2. The number of carbonyl (C=O) groups excluding carboxylic acids is 2. The number of halogens is 2. The van der Waals surface area contributed by atoms with Crippen molar-refractivity contribution in [1.29, 1.82) is 0 Å². The molecule has 0 radical (unpaired) electrons. The van der Waals surface area contributed by atoms with E-state index in [-0.39, 0.29) is 17.3 Å². The van der Waals surface area contributed by atoms with Gasteiger partial charge in [0.25, 0.3) is 10.0 Å². The number of para-hydroxylation sites is 1. The molecule has 0 unspecified atom stereocenters. The molecule has 0 saturated heterocycles. The van der Waals surface area contributed by atoms with E-state index in [0.29, 0.717) is 33.4 Å². The summed E-state index contributed by atoms with van der Waals surface area (Å²) in [4.78, 5) is 28.5. The molecular weight excluding hydrogens is 569 g/mol.